The highest BCUT2D eigenvalue weighted by atomic mass is 16.5. The fourth-order valence-electron chi connectivity index (χ4n) is 4.12. The Morgan fingerprint density at radius 2 is 1.88 bits per heavy atom. The fourth-order valence-corrected chi connectivity index (χ4v) is 4.12. The minimum Gasteiger partial charge on any atom is -0.456 e. The van der Waals surface area contributed by atoms with Crippen LogP contribution in [0.4, 0.5) is 11.4 Å². The maximum atomic E-state index is 12.0. The van der Waals surface area contributed by atoms with Crippen LogP contribution < -0.4 is 10.6 Å². The van der Waals surface area contributed by atoms with Crippen molar-refractivity contribution in [1.82, 2.24) is 0 Å². The Morgan fingerprint density at radius 1 is 1.12 bits per heavy atom. The summed E-state index contributed by atoms with van der Waals surface area (Å²) in [6, 6.07) is 6.81. The van der Waals surface area contributed by atoms with E-state index in [4.69, 9.17) is 4.74 Å². The van der Waals surface area contributed by atoms with E-state index in [1.165, 1.54) is 26.2 Å². The van der Waals surface area contributed by atoms with E-state index in [2.05, 4.69) is 10.6 Å². The largest absolute Gasteiger partial charge is 0.456 e. The molecule has 2 bridgehead atoms. The van der Waals surface area contributed by atoms with Gasteiger partial charge in [0, 0.05) is 24.7 Å². The minimum absolute atomic E-state index is 0.182. The Bertz CT molecular complexity index is 673. The molecule has 0 aliphatic heterocycles. The number of ether oxygens (including phenoxy) is 1. The number of hydrogen-bond donors (Lipinski definition) is 2. The number of hydrogen-bond acceptors (Lipinski definition) is 4. The molecule has 3 atom stereocenters. The van der Waals surface area contributed by atoms with Crippen LogP contribution in [-0.2, 0) is 19.1 Å². The van der Waals surface area contributed by atoms with E-state index in [9.17, 15) is 14.4 Å². The Hall–Kier alpha value is -2.37. The van der Waals surface area contributed by atoms with Crippen molar-refractivity contribution in [3.8, 4) is 0 Å². The summed E-state index contributed by atoms with van der Waals surface area (Å²) < 4.78 is 5.12. The van der Waals surface area contributed by atoms with Gasteiger partial charge < -0.3 is 15.4 Å². The molecule has 2 amide bonds. The molecule has 0 heterocycles. The molecule has 2 aliphatic carbocycles. The van der Waals surface area contributed by atoms with Crippen molar-refractivity contribution in [1.29, 1.82) is 0 Å². The van der Waals surface area contributed by atoms with Crippen LogP contribution >= 0.6 is 0 Å². The van der Waals surface area contributed by atoms with E-state index in [0.717, 1.165) is 12.3 Å². The first-order valence-corrected chi connectivity index (χ1v) is 8.82. The summed E-state index contributed by atoms with van der Waals surface area (Å²) in [6.07, 6.45) is 5.33. The standard InChI is InChI=1S/C19H24N2O4/c1-12(22)20-16-3-2-4-17(10-16)21-18(23)11-25-19(24)9-15-8-13-5-6-14(15)7-13/h2-4,10,13-15H,5-9,11H2,1H3,(H,20,22)(H,21,23)/t13-,14-,15+/m1/s1. The SMILES string of the molecule is CC(=O)Nc1cccc(NC(=O)COC(=O)C[C@@H]2C[C@@H]3CC[C@@H]2C3)c1. The van der Waals surface area contributed by atoms with Gasteiger partial charge in [0.2, 0.25) is 5.91 Å². The van der Waals surface area contributed by atoms with Crippen LogP contribution in [0.25, 0.3) is 0 Å². The van der Waals surface area contributed by atoms with Gasteiger partial charge in [-0.2, -0.15) is 0 Å². The van der Waals surface area contributed by atoms with E-state index in [-0.39, 0.29) is 24.4 Å². The molecule has 2 aliphatic rings. The molecule has 0 radical (unpaired) electrons. The van der Waals surface area contributed by atoms with Gasteiger partial charge in [0.05, 0.1) is 0 Å². The van der Waals surface area contributed by atoms with E-state index in [1.54, 1.807) is 24.3 Å². The molecule has 1 aromatic rings. The number of carbonyl (C=O) groups excluding carboxylic acids is 3. The summed E-state index contributed by atoms with van der Waals surface area (Å²) in [4.78, 5) is 35.0. The number of fused-ring (bicyclic) bond motifs is 2. The number of carbonyl (C=O) groups is 3. The summed E-state index contributed by atoms with van der Waals surface area (Å²) in [6.45, 7) is 1.13. The van der Waals surface area contributed by atoms with Crippen molar-refractivity contribution >= 4 is 29.2 Å². The lowest BCUT2D eigenvalue weighted by atomic mass is 9.86. The van der Waals surface area contributed by atoms with Gasteiger partial charge in [-0.15, -0.1) is 0 Å². The quantitative estimate of drug-likeness (QED) is 0.777. The normalized spacial score (nSPS) is 24.0. The molecule has 0 saturated heterocycles. The minimum atomic E-state index is -0.388. The Labute approximate surface area is 147 Å². The Balaban J connectivity index is 1.42. The van der Waals surface area contributed by atoms with Crippen LogP contribution in [0.15, 0.2) is 24.3 Å². The van der Waals surface area contributed by atoms with Crippen LogP contribution in [0.3, 0.4) is 0 Å². The third-order valence-electron chi connectivity index (χ3n) is 5.14. The van der Waals surface area contributed by atoms with Gasteiger partial charge >= 0.3 is 5.97 Å². The number of nitrogens with one attached hydrogen (secondary N) is 2. The zero-order valence-corrected chi connectivity index (χ0v) is 14.4. The number of esters is 1. The van der Waals surface area contributed by atoms with Gasteiger partial charge in [-0.25, -0.2) is 0 Å². The van der Waals surface area contributed by atoms with E-state index in [1.807, 2.05) is 0 Å². The van der Waals surface area contributed by atoms with Gasteiger partial charge in [-0.05, 0) is 55.2 Å². The summed E-state index contributed by atoms with van der Waals surface area (Å²) in [5.74, 6) is 1.03. The number of amides is 2. The molecule has 6 heteroatoms. The smallest absolute Gasteiger partial charge is 0.306 e. The van der Waals surface area contributed by atoms with Gasteiger partial charge in [-0.3, -0.25) is 14.4 Å². The monoisotopic (exact) mass is 344 g/mol. The molecular weight excluding hydrogens is 320 g/mol. The van der Waals surface area contributed by atoms with E-state index >= 15 is 0 Å². The van der Waals surface area contributed by atoms with Crippen molar-refractivity contribution in [3.63, 3.8) is 0 Å². The Kier molecular flexibility index (Phi) is 5.36. The molecule has 2 fully saturated rings. The first-order valence-electron chi connectivity index (χ1n) is 8.82. The molecule has 1 aromatic carbocycles. The van der Waals surface area contributed by atoms with Crippen LogP contribution in [0.5, 0.6) is 0 Å². The van der Waals surface area contributed by atoms with Gasteiger partial charge in [0.15, 0.2) is 6.61 Å². The molecule has 0 spiro atoms. The highest BCUT2D eigenvalue weighted by Gasteiger charge is 2.40. The van der Waals surface area contributed by atoms with Crippen LogP contribution in [-0.4, -0.2) is 24.4 Å². The third kappa shape index (κ3) is 4.81. The zero-order chi connectivity index (χ0) is 17.8. The maximum absolute atomic E-state index is 12.0. The van der Waals surface area contributed by atoms with Gasteiger partial charge in [0.25, 0.3) is 5.91 Å². The van der Waals surface area contributed by atoms with E-state index < -0.39 is 0 Å². The van der Waals surface area contributed by atoms with Gasteiger partial charge in [0.1, 0.15) is 0 Å². The number of benzene rings is 1. The van der Waals surface area contributed by atoms with Crippen LogP contribution in [0.2, 0.25) is 0 Å². The van der Waals surface area contributed by atoms with Gasteiger partial charge in [-0.1, -0.05) is 12.5 Å². The third-order valence-corrected chi connectivity index (χ3v) is 5.14. The number of rotatable bonds is 6. The molecule has 0 aromatic heterocycles. The summed E-state index contributed by atoms with van der Waals surface area (Å²) in [5, 5.41) is 5.31. The lowest BCUT2D eigenvalue weighted by molar-refractivity contribution is -0.148. The second-order valence-corrected chi connectivity index (χ2v) is 7.11. The summed E-state index contributed by atoms with van der Waals surface area (Å²) >= 11 is 0. The first-order chi connectivity index (χ1) is 12.0. The molecule has 2 saturated carbocycles. The average molecular weight is 344 g/mol. The lowest BCUT2D eigenvalue weighted by Crippen LogP contribution is -2.23. The molecule has 0 unspecified atom stereocenters. The molecule has 25 heavy (non-hydrogen) atoms. The second kappa shape index (κ2) is 7.68. The highest BCUT2D eigenvalue weighted by Crippen LogP contribution is 2.49. The molecule has 6 nitrogen and oxygen atoms in total. The molecule has 134 valence electrons. The predicted octanol–water partition coefficient (Wildman–Crippen LogP) is 2.95. The zero-order valence-electron chi connectivity index (χ0n) is 14.4. The highest BCUT2D eigenvalue weighted by molar-refractivity contribution is 5.94. The average Bonchev–Trinajstić information content (AvgIpc) is 3.15. The van der Waals surface area contributed by atoms with Crippen molar-refractivity contribution in [2.45, 2.75) is 39.0 Å². The van der Waals surface area contributed by atoms with Crippen LogP contribution in [0, 0.1) is 17.8 Å². The number of anilines is 2. The summed E-state index contributed by atoms with van der Waals surface area (Å²) in [5.41, 5.74) is 1.14. The lowest BCUT2D eigenvalue weighted by Gasteiger charge is -2.20. The second-order valence-electron chi connectivity index (χ2n) is 7.11. The maximum Gasteiger partial charge on any atom is 0.306 e. The Morgan fingerprint density at radius 3 is 2.52 bits per heavy atom. The molecule has 3 rings (SSSR count). The molecular formula is C19H24N2O4. The predicted molar refractivity (Wildman–Crippen MR) is 93.9 cm³/mol. The van der Waals surface area contributed by atoms with Crippen molar-refractivity contribution in [2.24, 2.45) is 17.8 Å². The van der Waals surface area contributed by atoms with Crippen molar-refractivity contribution < 1.29 is 19.1 Å². The fraction of sp³-hybridized carbons (Fsp3) is 0.526. The molecule has 2 N–H and O–H groups in total. The van der Waals surface area contributed by atoms with E-state index in [0.29, 0.717) is 29.6 Å². The summed E-state index contributed by atoms with van der Waals surface area (Å²) in [7, 11) is 0. The van der Waals surface area contributed by atoms with Crippen LogP contribution in [0.1, 0.15) is 39.0 Å². The topological polar surface area (TPSA) is 84.5 Å². The van der Waals surface area contributed by atoms with Crippen molar-refractivity contribution in [2.75, 3.05) is 17.2 Å². The van der Waals surface area contributed by atoms with Crippen molar-refractivity contribution in [3.05, 3.63) is 24.3 Å². The first kappa shape index (κ1) is 17.5.